The van der Waals surface area contributed by atoms with Gasteiger partial charge in [0.05, 0.1) is 6.04 Å². The van der Waals surface area contributed by atoms with Crippen LogP contribution in [0.4, 0.5) is 0 Å². The molecule has 0 spiro atoms. The largest absolute Gasteiger partial charge is 0.315 e. The van der Waals surface area contributed by atoms with Crippen molar-refractivity contribution >= 4 is 17.4 Å². The zero-order valence-corrected chi connectivity index (χ0v) is 11.6. The minimum atomic E-state index is -0.939. The molecule has 3 nitrogen and oxygen atoms in total. The second kappa shape index (κ2) is 5.00. The molecule has 0 radical (unpaired) electrons. The molecule has 1 aliphatic carbocycles. The summed E-state index contributed by atoms with van der Waals surface area (Å²) in [5.74, 6) is 0.0758. The first-order chi connectivity index (χ1) is 8.47. The summed E-state index contributed by atoms with van der Waals surface area (Å²) in [4.78, 5) is 14.6. The molecule has 1 aromatic carbocycles. The number of nitrogens with zero attached hydrogens (tertiary/aromatic N) is 1. The van der Waals surface area contributed by atoms with E-state index in [4.69, 9.17) is 17.3 Å². The first-order valence-corrected chi connectivity index (χ1v) is 6.59. The van der Waals surface area contributed by atoms with Crippen molar-refractivity contribution in [2.75, 3.05) is 14.1 Å². The van der Waals surface area contributed by atoms with Crippen LogP contribution < -0.4 is 5.73 Å². The van der Waals surface area contributed by atoms with E-state index in [-0.39, 0.29) is 11.8 Å². The van der Waals surface area contributed by atoms with Crippen LogP contribution in [0.5, 0.6) is 0 Å². The summed E-state index contributed by atoms with van der Waals surface area (Å²) in [7, 11) is 3.84. The number of rotatable bonds is 2. The molecule has 1 saturated carbocycles. The van der Waals surface area contributed by atoms with Gasteiger partial charge in [-0.15, -0.1) is 0 Å². The molecule has 2 unspecified atom stereocenters. The molecule has 2 atom stereocenters. The van der Waals surface area contributed by atoms with Crippen LogP contribution in [0.25, 0.3) is 0 Å². The van der Waals surface area contributed by atoms with Crippen molar-refractivity contribution < 1.29 is 4.79 Å². The summed E-state index contributed by atoms with van der Waals surface area (Å²) in [6, 6.07) is 7.27. The number of hydrogen-bond donors (Lipinski definition) is 1. The molecule has 1 aliphatic rings. The van der Waals surface area contributed by atoms with Crippen LogP contribution in [0.15, 0.2) is 24.3 Å². The van der Waals surface area contributed by atoms with Crippen molar-refractivity contribution in [1.82, 2.24) is 4.90 Å². The molecule has 2 rings (SSSR count). The van der Waals surface area contributed by atoms with Gasteiger partial charge in [-0.05, 0) is 45.0 Å². The maximum absolute atomic E-state index is 12.6. The molecule has 0 bridgehead atoms. The summed E-state index contributed by atoms with van der Waals surface area (Å²) in [5, 5.41) is 0.577. The maximum atomic E-state index is 12.6. The smallest absolute Gasteiger partial charge is 0.174 e. The Hall–Kier alpha value is -0.900. The van der Waals surface area contributed by atoms with Gasteiger partial charge in [0.15, 0.2) is 5.78 Å². The van der Waals surface area contributed by atoms with Gasteiger partial charge in [-0.2, -0.15) is 0 Å². The lowest BCUT2D eigenvalue weighted by Crippen LogP contribution is -2.56. The third kappa shape index (κ3) is 2.18. The van der Waals surface area contributed by atoms with E-state index in [0.29, 0.717) is 11.4 Å². The average Bonchev–Trinajstić information content (AvgIpc) is 2.33. The van der Waals surface area contributed by atoms with Crippen molar-refractivity contribution in [3.05, 3.63) is 34.9 Å². The Bertz CT molecular complexity index is 461. The third-order valence-electron chi connectivity index (χ3n) is 3.77. The van der Waals surface area contributed by atoms with E-state index in [0.717, 1.165) is 18.4 Å². The van der Waals surface area contributed by atoms with Crippen molar-refractivity contribution in [3.8, 4) is 0 Å². The summed E-state index contributed by atoms with van der Waals surface area (Å²) in [6.45, 7) is 0. The summed E-state index contributed by atoms with van der Waals surface area (Å²) in [6.07, 6.45) is 2.48. The summed E-state index contributed by atoms with van der Waals surface area (Å²) >= 11 is 6.19. The Balaban J connectivity index is 2.41. The fraction of sp³-hybridized carbons (Fsp3) is 0.500. The number of halogens is 1. The van der Waals surface area contributed by atoms with Gasteiger partial charge < -0.3 is 5.73 Å². The van der Waals surface area contributed by atoms with Crippen LogP contribution >= 0.6 is 11.6 Å². The topological polar surface area (TPSA) is 46.3 Å². The SMILES string of the molecule is CN(C)C1CCCC(N)(c2ccccc2Cl)C1=O. The van der Waals surface area contributed by atoms with Crippen molar-refractivity contribution in [2.24, 2.45) is 5.73 Å². The van der Waals surface area contributed by atoms with E-state index in [1.54, 1.807) is 6.07 Å². The number of carbonyl (C=O) groups excluding carboxylic acids is 1. The van der Waals surface area contributed by atoms with Gasteiger partial charge in [0.1, 0.15) is 5.54 Å². The number of hydrogen-bond acceptors (Lipinski definition) is 3. The predicted molar refractivity (Wildman–Crippen MR) is 73.7 cm³/mol. The molecule has 0 aromatic heterocycles. The molecule has 0 heterocycles. The highest BCUT2D eigenvalue weighted by Gasteiger charge is 2.44. The van der Waals surface area contributed by atoms with E-state index in [1.165, 1.54) is 0 Å². The van der Waals surface area contributed by atoms with Crippen LogP contribution in [-0.4, -0.2) is 30.8 Å². The van der Waals surface area contributed by atoms with E-state index in [1.807, 2.05) is 37.2 Å². The van der Waals surface area contributed by atoms with Crippen LogP contribution in [0.2, 0.25) is 5.02 Å². The lowest BCUT2D eigenvalue weighted by atomic mass is 9.74. The highest BCUT2D eigenvalue weighted by Crippen LogP contribution is 2.36. The molecular formula is C14H19ClN2O. The average molecular weight is 267 g/mol. The molecule has 18 heavy (non-hydrogen) atoms. The van der Waals surface area contributed by atoms with Crippen LogP contribution in [-0.2, 0) is 10.3 Å². The van der Waals surface area contributed by atoms with Crippen LogP contribution in [0.1, 0.15) is 24.8 Å². The van der Waals surface area contributed by atoms with E-state index < -0.39 is 5.54 Å². The van der Waals surface area contributed by atoms with Crippen molar-refractivity contribution in [2.45, 2.75) is 30.8 Å². The molecule has 0 saturated heterocycles. The number of ketones is 1. The first-order valence-electron chi connectivity index (χ1n) is 6.21. The fourth-order valence-electron chi connectivity index (χ4n) is 2.71. The Morgan fingerprint density at radius 3 is 2.67 bits per heavy atom. The lowest BCUT2D eigenvalue weighted by Gasteiger charge is -2.39. The molecule has 1 fully saturated rings. The highest BCUT2D eigenvalue weighted by molar-refractivity contribution is 6.31. The monoisotopic (exact) mass is 266 g/mol. The normalized spacial score (nSPS) is 28.7. The van der Waals surface area contributed by atoms with E-state index in [9.17, 15) is 4.79 Å². The van der Waals surface area contributed by atoms with Gasteiger partial charge in [0, 0.05) is 5.02 Å². The van der Waals surface area contributed by atoms with Crippen LogP contribution in [0, 0.1) is 0 Å². The molecule has 2 N–H and O–H groups in total. The zero-order chi connectivity index (χ0) is 13.3. The van der Waals surface area contributed by atoms with Crippen molar-refractivity contribution in [1.29, 1.82) is 0 Å². The number of likely N-dealkylation sites (N-methyl/N-ethyl adjacent to an activating group) is 1. The number of Topliss-reactive ketones (excluding diaryl/α,β-unsaturated/α-hetero) is 1. The standard InChI is InChI=1S/C14H19ClN2O/c1-17(2)12-8-5-9-14(16,13(12)18)10-6-3-4-7-11(10)15/h3-4,6-7,12H,5,8-9,16H2,1-2H3. The number of nitrogens with two attached hydrogens (primary N) is 1. The van der Waals surface area contributed by atoms with Gasteiger partial charge in [0.25, 0.3) is 0 Å². The Morgan fingerprint density at radius 1 is 1.39 bits per heavy atom. The van der Waals surface area contributed by atoms with E-state index >= 15 is 0 Å². The van der Waals surface area contributed by atoms with Gasteiger partial charge in [-0.25, -0.2) is 0 Å². The van der Waals surface area contributed by atoms with Gasteiger partial charge in [-0.3, -0.25) is 9.69 Å². The molecule has 0 aliphatic heterocycles. The highest BCUT2D eigenvalue weighted by atomic mass is 35.5. The maximum Gasteiger partial charge on any atom is 0.174 e. The minimum absolute atomic E-state index is 0.0758. The Labute approximate surface area is 113 Å². The number of carbonyl (C=O) groups is 1. The Morgan fingerprint density at radius 2 is 2.06 bits per heavy atom. The quantitative estimate of drug-likeness (QED) is 0.893. The lowest BCUT2D eigenvalue weighted by molar-refractivity contribution is -0.131. The summed E-state index contributed by atoms with van der Waals surface area (Å²) in [5.41, 5.74) is 6.21. The molecular weight excluding hydrogens is 248 g/mol. The Kier molecular flexibility index (Phi) is 3.76. The molecule has 98 valence electrons. The van der Waals surface area contributed by atoms with Gasteiger partial charge in [-0.1, -0.05) is 29.8 Å². The first kappa shape index (κ1) is 13.5. The van der Waals surface area contributed by atoms with Crippen molar-refractivity contribution in [3.63, 3.8) is 0 Å². The number of benzene rings is 1. The van der Waals surface area contributed by atoms with Gasteiger partial charge >= 0.3 is 0 Å². The second-order valence-corrected chi connectivity index (χ2v) is 5.59. The zero-order valence-electron chi connectivity index (χ0n) is 10.8. The predicted octanol–water partition coefficient (Wildman–Crippen LogP) is 2.18. The third-order valence-corrected chi connectivity index (χ3v) is 4.10. The van der Waals surface area contributed by atoms with E-state index in [2.05, 4.69) is 0 Å². The molecule has 4 heteroatoms. The molecule has 1 aromatic rings. The second-order valence-electron chi connectivity index (χ2n) is 5.19. The van der Waals surface area contributed by atoms with Gasteiger partial charge in [0.2, 0.25) is 0 Å². The summed E-state index contributed by atoms with van der Waals surface area (Å²) < 4.78 is 0. The fourth-order valence-corrected chi connectivity index (χ4v) is 3.01. The minimum Gasteiger partial charge on any atom is -0.315 e. The van der Waals surface area contributed by atoms with Crippen LogP contribution in [0.3, 0.4) is 0 Å². The molecule has 0 amide bonds.